The number of para-hydroxylation sites is 1. The summed E-state index contributed by atoms with van der Waals surface area (Å²) in [5, 5.41) is 4.09. The van der Waals surface area contributed by atoms with Crippen LogP contribution in [-0.4, -0.2) is 6.54 Å². The molecule has 0 amide bonds. The quantitative estimate of drug-likeness (QED) is 0.883. The Morgan fingerprint density at radius 2 is 1.89 bits per heavy atom. The van der Waals surface area contributed by atoms with Gasteiger partial charge in [0, 0.05) is 21.7 Å². The van der Waals surface area contributed by atoms with Crippen LogP contribution in [0.25, 0.3) is 0 Å². The van der Waals surface area contributed by atoms with E-state index >= 15 is 0 Å². The highest BCUT2D eigenvalue weighted by molar-refractivity contribution is 9.10. The molecule has 0 aromatic heterocycles. The van der Waals surface area contributed by atoms with Gasteiger partial charge in [-0.1, -0.05) is 51.8 Å². The van der Waals surface area contributed by atoms with Crippen LogP contribution in [-0.2, 0) is 0 Å². The summed E-state index contributed by atoms with van der Waals surface area (Å²) < 4.78 is 0.965. The van der Waals surface area contributed by atoms with Crippen molar-refractivity contribution >= 4 is 33.2 Å². The number of hydrogen-bond acceptors (Lipinski definition) is 2. The minimum Gasteiger partial charge on any atom is -0.377 e. The maximum absolute atomic E-state index is 6.24. The molecule has 3 N–H and O–H groups in total. The lowest BCUT2D eigenvalue weighted by Gasteiger charge is -2.20. The first-order valence-corrected chi connectivity index (χ1v) is 6.84. The molecule has 94 valence electrons. The molecule has 4 heteroatoms. The van der Waals surface area contributed by atoms with Gasteiger partial charge in [-0.15, -0.1) is 0 Å². The number of hydrogen-bond donors (Lipinski definition) is 2. The first-order chi connectivity index (χ1) is 8.70. The Morgan fingerprint density at radius 1 is 1.17 bits per heavy atom. The van der Waals surface area contributed by atoms with E-state index < -0.39 is 0 Å². The highest BCUT2D eigenvalue weighted by Crippen LogP contribution is 2.28. The minimum absolute atomic E-state index is 0.00741. The van der Waals surface area contributed by atoms with Crippen molar-refractivity contribution in [1.29, 1.82) is 0 Å². The Kier molecular flexibility index (Phi) is 4.64. The van der Waals surface area contributed by atoms with Gasteiger partial charge in [-0.05, 0) is 29.8 Å². The number of nitrogens with one attached hydrogen (secondary N) is 1. The topological polar surface area (TPSA) is 38.0 Å². The number of nitrogens with two attached hydrogens (primary N) is 1. The first-order valence-electron chi connectivity index (χ1n) is 5.67. The van der Waals surface area contributed by atoms with E-state index in [-0.39, 0.29) is 6.04 Å². The molecule has 0 radical (unpaired) electrons. The second kappa shape index (κ2) is 6.23. The average Bonchev–Trinajstić information content (AvgIpc) is 2.38. The maximum Gasteiger partial charge on any atom is 0.0650 e. The van der Waals surface area contributed by atoms with Crippen LogP contribution in [0, 0.1) is 0 Å². The van der Waals surface area contributed by atoms with Crippen LogP contribution in [0.5, 0.6) is 0 Å². The van der Waals surface area contributed by atoms with E-state index in [2.05, 4.69) is 21.2 Å². The van der Waals surface area contributed by atoms with Gasteiger partial charge in [-0.25, -0.2) is 0 Å². The second-order valence-corrected chi connectivity index (χ2v) is 5.29. The molecule has 2 aromatic rings. The van der Waals surface area contributed by atoms with E-state index in [1.807, 2.05) is 48.5 Å². The van der Waals surface area contributed by atoms with E-state index in [1.165, 1.54) is 0 Å². The minimum atomic E-state index is 0.00741. The lowest BCUT2D eigenvalue weighted by molar-refractivity contribution is 0.790. The van der Waals surface area contributed by atoms with E-state index in [0.29, 0.717) is 11.6 Å². The standard InChI is InChI=1S/C14H14BrClN2/c15-10-6-7-12(13(16)8-10)14(9-17)18-11-4-2-1-3-5-11/h1-8,14,18H,9,17H2. The molecule has 0 saturated heterocycles. The monoisotopic (exact) mass is 324 g/mol. The number of rotatable bonds is 4. The molecule has 0 heterocycles. The molecule has 0 aliphatic heterocycles. The van der Waals surface area contributed by atoms with Crippen molar-refractivity contribution < 1.29 is 0 Å². The van der Waals surface area contributed by atoms with E-state index in [1.54, 1.807) is 0 Å². The molecule has 0 aliphatic rings. The molecular weight excluding hydrogens is 312 g/mol. The largest absolute Gasteiger partial charge is 0.377 e. The van der Waals surface area contributed by atoms with Crippen LogP contribution in [0.15, 0.2) is 53.0 Å². The molecule has 2 aromatic carbocycles. The van der Waals surface area contributed by atoms with Gasteiger partial charge in [0.05, 0.1) is 6.04 Å². The van der Waals surface area contributed by atoms with Crippen molar-refractivity contribution in [3.8, 4) is 0 Å². The molecule has 0 fully saturated rings. The zero-order valence-electron chi connectivity index (χ0n) is 9.74. The second-order valence-electron chi connectivity index (χ2n) is 3.96. The van der Waals surface area contributed by atoms with E-state index in [0.717, 1.165) is 15.7 Å². The van der Waals surface area contributed by atoms with Crippen molar-refractivity contribution in [3.05, 3.63) is 63.6 Å². The summed E-state index contributed by atoms with van der Waals surface area (Å²) in [5.41, 5.74) is 7.87. The van der Waals surface area contributed by atoms with Gasteiger partial charge >= 0.3 is 0 Å². The Hall–Kier alpha value is -1.03. The van der Waals surface area contributed by atoms with Crippen LogP contribution in [0.4, 0.5) is 5.69 Å². The predicted octanol–water partition coefficient (Wildman–Crippen LogP) is 4.21. The molecule has 1 atom stereocenters. The Balaban J connectivity index is 2.23. The highest BCUT2D eigenvalue weighted by atomic mass is 79.9. The SMILES string of the molecule is NCC(Nc1ccccc1)c1ccc(Br)cc1Cl. The summed E-state index contributed by atoms with van der Waals surface area (Å²) in [7, 11) is 0. The summed E-state index contributed by atoms with van der Waals surface area (Å²) in [4.78, 5) is 0. The fourth-order valence-corrected chi connectivity index (χ4v) is 2.59. The van der Waals surface area contributed by atoms with Gasteiger partial charge in [0.25, 0.3) is 0 Å². The summed E-state index contributed by atoms with van der Waals surface area (Å²) in [6.45, 7) is 0.482. The summed E-state index contributed by atoms with van der Waals surface area (Å²) in [6, 6.07) is 15.8. The average molecular weight is 326 g/mol. The highest BCUT2D eigenvalue weighted by Gasteiger charge is 2.13. The lowest BCUT2D eigenvalue weighted by atomic mass is 10.1. The van der Waals surface area contributed by atoms with Crippen molar-refractivity contribution in [2.24, 2.45) is 5.73 Å². The lowest BCUT2D eigenvalue weighted by Crippen LogP contribution is -2.20. The normalized spacial score (nSPS) is 12.2. The van der Waals surface area contributed by atoms with Crippen LogP contribution >= 0.6 is 27.5 Å². The van der Waals surface area contributed by atoms with Gasteiger partial charge < -0.3 is 11.1 Å². The van der Waals surface area contributed by atoms with Gasteiger partial charge in [-0.3, -0.25) is 0 Å². The maximum atomic E-state index is 6.24. The zero-order chi connectivity index (χ0) is 13.0. The number of halogens is 2. The van der Waals surface area contributed by atoms with Crippen molar-refractivity contribution in [3.63, 3.8) is 0 Å². The zero-order valence-corrected chi connectivity index (χ0v) is 12.1. The summed E-state index contributed by atoms with van der Waals surface area (Å²) >= 11 is 9.64. The summed E-state index contributed by atoms with van der Waals surface area (Å²) in [5.74, 6) is 0. The smallest absolute Gasteiger partial charge is 0.0650 e. The third kappa shape index (κ3) is 3.25. The van der Waals surface area contributed by atoms with Crippen LogP contribution in [0.3, 0.4) is 0 Å². The van der Waals surface area contributed by atoms with Crippen LogP contribution < -0.4 is 11.1 Å². The van der Waals surface area contributed by atoms with Gasteiger partial charge in [0.2, 0.25) is 0 Å². The van der Waals surface area contributed by atoms with Crippen molar-refractivity contribution in [2.75, 3.05) is 11.9 Å². The molecule has 0 aliphatic carbocycles. The Morgan fingerprint density at radius 3 is 2.50 bits per heavy atom. The first kappa shape index (κ1) is 13.4. The summed E-state index contributed by atoms with van der Waals surface area (Å²) in [6.07, 6.45) is 0. The predicted molar refractivity (Wildman–Crippen MR) is 81.0 cm³/mol. The molecule has 0 bridgehead atoms. The molecule has 2 rings (SSSR count). The van der Waals surface area contributed by atoms with Crippen LogP contribution in [0.1, 0.15) is 11.6 Å². The number of anilines is 1. The van der Waals surface area contributed by atoms with Gasteiger partial charge in [0.1, 0.15) is 0 Å². The fourth-order valence-electron chi connectivity index (χ4n) is 1.78. The van der Waals surface area contributed by atoms with E-state index in [9.17, 15) is 0 Å². The molecule has 2 nitrogen and oxygen atoms in total. The third-order valence-electron chi connectivity index (χ3n) is 2.69. The molecule has 18 heavy (non-hydrogen) atoms. The van der Waals surface area contributed by atoms with Gasteiger partial charge in [0.15, 0.2) is 0 Å². The molecule has 0 saturated carbocycles. The van der Waals surface area contributed by atoms with E-state index in [4.69, 9.17) is 17.3 Å². The fraction of sp³-hybridized carbons (Fsp3) is 0.143. The molecular formula is C14H14BrClN2. The molecule has 0 spiro atoms. The molecule has 1 unspecified atom stereocenters. The number of benzene rings is 2. The van der Waals surface area contributed by atoms with Crippen molar-refractivity contribution in [1.82, 2.24) is 0 Å². The van der Waals surface area contributed by atoms with Crippen LogP contribution in [0.2, 0.25) is 5.02 Å². The Labute approximate surface area is 120 Å². The Bertz CT molecular complexity index is 516. The third-order valence-corrected chi connectivity index (χ3v) is 3.51. The van der Waals surface area contributed by atoms with Crippen molar-refractivity contribution in [2.45, 2.75) is 6.04 Å². The van der Waals surface area contributed by atoms with Gasteiger partial charge in [-0.2, -0.15) is 0 Å².